The quantitative estimate of drug-likeness (QED) is 0.140. The second-order valence-electron chi connectivity index (χ2n) is 19.0. The van der Waals surface area contributed by atoms with Crippen molar-refractivity contribution in [3.8, 4) is 33.4 Å². The van der Waals surface area contributed by atoms with Crippen molar-refractivity contribution in [2.24, 2.45) is 11.3 Å². The third-order valence-electron chi connectivity index (χ3n) is 13.2. The Bertz CT molecular complexity index is 2840. The SMILES string of the molecule is CCC1C=C(C(C)(C)C)C=[C]1[Zr+2](=[C](c1ccc(C(F)(F)F)cc1)c1ccc(C(F)(F)F)cc1)[c]1c(-c2c(C)cc(C)cc2C)ccc2c1Cc1cc(-c3c(C)cc(C)cc3C)ccc1-2.[Cl-].[Cl-]. The third kappa shape index (κ3) is 9.69. The average Bonchev–Trinajstić information content (AvgIpc) is 3.81. The number of hydrogen-bond acceptors (Lipinski definition) is 0. The van der Waals surface area contributed by atoms with Gasteiger partial charge >= 0.3 is 384 Å². The molecule has 0 aliphatic heterocycles. The molecule has 0 bridgehead atoms. The van der Waals surface area contributed by atoms with E-state index in [4.69, 9.17) is 0 Å². The van der Waals surface area contributed by atoms with Crippen molar-refractivity contribution in [1.29, 1.82) is 0 Å². The van der Waals surface area contributed by atoms with Gasteiger partial charge in [-0.15, -0.1) is 0 Å². The zero-order valence-corrected chi connectivity index (χ0v) is 43.0. The molecule has 0 aromatic heterocycles. The Morgan fingerprint density at radius 2 is 1.03 bits per heavy atom. The zero-order chi connectivity index (χ0) is 46.2. The van der Waals surface area contributed by atoms with Crippen LogP contribution < -0.4 is 28.1 Å². The molecule has 0 spiro atoms. The van der Waals surface area contributed by atoms with E-state index in [0.717, 1.165) is 78.4 Å². The Kier molecular flexibility index (Phi) is 14.7. The molecule has 0 radical (unpaired) electrons. The molecule has 6 aromatic rings. The Morgan fingerprint density at radius 1 is 0.576 bits per heavy atom. The molecule has 1 unspecified atom stereocenters. The van der Waals surface area contributed by atoms with E-state index in [9.17, 15) is 26.3 Å². The fraction of sp³-hybridized carbons (Fsp3) is 0.281. The van der Waals surface area contributed by atoms with E-state index in [-0.39, 0.29) is 36.1 Å². The van der Waals surface area contributed by atoms with Gasteiger partial charge in [0.2, 0.25) is 0 Å². The predicted octanol–water partition coefficient (Wildman–Crippen LogP) is 9.90. The maximum Gasteiger partial charge on any atom is -1.00 e. The van der Waals surface area contributed by atoms with Crippen LogP contribution in [0.2, 0.25) is 0 Å². The van der Waals surface area contributed by atoms with Crippen LogP contribution in [0, 0.1) is 52.9 Å². The van der Waals surface area contributed by atoms with Crippen LogP contribution in [-0.2, 0) is 40.0 Å². The normalized spacial score (nSPS) is 14.3. The first-order valence-electron chi connectivity index (χ1n) is 22.0. The first-order chi connectivity index (χ1) is 30.0. The number of aryl methyl sites for hydroxylation is 6. The summed E-state index contributed by atoms with van der Waals surface area (Å²) in [5.74, 6) is 0.0364. The molecule has 0 nitrogen and oxygen atoms in total. The fourth-order valence-corrected chi connectivity index (χ4v) is 19.5. The van der Waals surface area contributed by atoms with Gasteiger partial charge < -0.3 is 24.8 Å². The van der Waals surface area contributed by atoms with Crippen molar-refractivity contribution in [1.82, 2.24) is 0 Å². The summed E-state index contributed by atoms with van der Waals surface area (Å²) in [6.45, 7) is 21.6. The van der Waals surface area contributed by atoms with Gasteiger partial charge in [-0.1, -0.05) is 0 Å². The number of fused-ring (bicyclic) bond motifs is 3. The average molecular weight is 1020 g/mol. The molecule has 0 amide bonds. The Labute approximate surface area is 406 Å². The Balaban J connectivity index is 0.00000360. The van der Waals surface area contributed by atoms with Gasteiger partial charge in [0.15, 0.2) is 0 Å². The molecule has 0 N–H and O–H groups in total. The summed E-state index contributed by atoms with van der Waals surface area (Å²) >= 11 is -3.84. The summed E-state index contributed by atoms with van der Waals surface area (Å²) in [7, 11) is 0. The molecule has 0 saturated carbocycles. The Hall–Kier alpha value is -4.29. The fourth-order valence-electron chi connectivity index (χ4n) is 10.4. The van der Waals surface area contributed by atoms with Crippen molar-refractivity contribution in [2.45, 2.75) is 94.4 Å². The molecule has 66 heavy (non-hydrogen) atoms. The van der Waals surface area contributed by atoms with Crippen LogP contribution in [0.1, 0.15) is 101 Å². The summed E-state index contributed by atoms with van der Waals surface area (Å²) in [5.41, 5.74) is 17.0. The van der Waals surface area contributed by atoms with Gasteiger partial charge in [-0.2, -0.15) is 0 Å². The molecule has 8 rings (SSSR count). The van der Waals surface area contributed by atoms with E-state index >= 15 is 0 Å². The molecule has 1 atom stereocenters. The van der Waals surface area contributed by atoms with Gasteiger partial charge in [0.05, 0.1) is 0 Å². The number of alkyl halides is 6. The van der Waals surface area contributed by atoms with Crippen molar-refractivity contribution >= 4 is 6.48 Å². The summed E-state index contributed by atoms with van der Waals surface area (Å²) in [6.07, 6.45) is -2.94. The second kappa shape index (κ2) is 19.0. The van der Waals surface area contributed by atoms with Crippen LogP contribution in [0.3, 0.4) is 0 Å². The molecule has 0 heterocycles. The molecule has 2 aliphatic rings. The van der Waals surface area contributed by atoms with Crippen LogP contribution in [0.4, 0.5) is 26.3 Å². The van der Waals surface area contributed by atoms with Gasteiger partial charge in [0, 0.05) is 0 Å². The first-order valence-corrected chi connectivity index (χ1v) is 25.7. The van der Waals surface area contributed by atoms with Crippen LogP contribution in [0.5, 0.6) is 0 Å². The van der Waals surface area contributed by atoms with E-state index in [2.05, 4.69) is 136 Å². The maximum absolute atomic E-state index is 14.2. The van der Waals surface area contributed by atoms with Crippen LogP contribution in [-0.4, -0.2) is 3.21 Å². The number of halogens is 8. The smallest absolute Gasteiger partial charge is 1.00 e. The van der Waals surface area contributed by atoms with Gasteiger partial charge in [0.1, 0.15) is 0 Å². The predicted molar refractivity (Wildman–Crippen MR) is 249 cm³/mol. The number of rotatable bonds is 7. The Morgan fingerprint density at radius 3 is 1.48 bits per heavy atom. The van der Waals surface area contributed by atoms with E-state index < -0.39 is 44.7 Å². The molecule has 342 valence electrons. The van der Waals surface area contributed by atoms with Crippen LogP contribution >= 0.6 is 0 Å². The summed E-state index contributed by atoms with van der Waals surface area (Å²) in [5, 5.41) is 0. The maximum atomic E-state index is 14.2. The minimum Gasteiger partial charge on any atom is -1.00 e. The minimum absolute atomic E-state index is 0. The molecular weight excluding hydrogens is 961 g/mol. The largest absolute Gasteiger partial charge is 1.00 e. The molecule has 2 aliphatic carbocycles. The molecule has 0 saturated heterocycles. The molecule has 6 aromatic carbocycles. The first kappa shape index (κ1) is 51.1. The van der Waals surface area contributed by atoms with Gasteiger partial charge in [0.25, 0.3) is 0 Å². The van der Waals surface area contributed by atoms with E-state index in [0.29, 0.717) is 17.5 Å². The van der Waals surface area contributed by atoms with E-state index in [1.807, 2.05) is 0 Å². The number of hydrogen-bond donors (Lipinski definition) is 0. The van der Waals surface area contributed by atoms with Gasteiger partial charge in [-0.3, -0.25) is 0 Å². The van der Waals surface area contributed by atoms with Crippen LogP contribution in [0.25, 0.3) is 33.4 Å². The summed E-state index contributed by atoms with van der Waals surface area (Å²) in [4.78, 5) is 0. The summed E-state index contributed by atoms with van der Waals surface area (Å²) < 4.78 is 88.7. The minimum atomic E-state index is -4.56. The number of allylic oxidation sites excluding steroid dienone is 4. The van der Waals surface area contributed by atoms with E-state index in [1.165, 1.54) is 45.5 Å². The zero-order valence-electron chi connectivity index (χ0n) is 39.0. The molecule has 9 heteroatoms. The standard InChI is InChI=1S/C31H29.C15H8F6.C11H17.2ClH.Zr/c1-18-11-20(3)30(21(4)12-18)24-7-9-28-26(15-24)17-27-16-25(8-10-29(27)28)31-22(5)13-19(2)14-23(31)6;16-14(17,18)12-5-1-10(2-6-12)9-11-3-7-13(8-4-11)15(19,20)21;1-5-9-6-7-10(8-9)11(2,3)4;;;/h7-15H,17H2,1-6H3;1-8H;7-9H,5H2,1-4H3;2*1H;/q;;;;;+2/p-2. The molecule has 0 fully saturated rings. The molecular formula is C57H54Cl2F6Zr. The van der Waals surface area contributed by atoms with Crippen molar-refractivity contribution in [3.05, 3.63) is 191 Å². The van der Waals surface area contributed by atoms with Crippen molar-refractivity contribution in [3.63, 3.8) is 0 Å². The van der Waals surface area contributed by atoms with Crippen molar-refractivity contribution < 1.29 is 72.4 Å². The van der Waals surface area contributed by atoms with Crippen molar-refractivity contribution in [2.75, 3.05) is 0 Å². The monoisotopic (exact) mass is 1010 g/mol. The summed E-state index contributed by atoms with van der Waals surface area (Å²) in [6, 6.07) is 30.8. The van der Waals surface area contributed by atoms with Crippen LogP contribution in [0.15, 0.2) is 124 Å². The second-order valence-corrected chi connectivity index (χ2v) is 24.7. The van der Waals surface area contributed by atoms with E-state index in [1.54, 1.807) is 24.3 Å². The topological polar surface area (TPSA) is 0 Å². The number of benzene rings is 6. The van der Waals surface area contributed by atoms with Gasteiger partial charge in [-0.05, 0) is 0 Å². The third-order valence-corrected chi connectivity index (χ3v) is 21.1. The van der Waals surface area contributed by atoms with Gasteiger partial charge in [-0.25, -0.2) is 0 Å².